The molecule has 0 spiro atoms. The summed E-state index contributed by atoms with van der Waals surface area (Å²) in [4.78, 5) is 73.2. The van der Waals surface area contributed by atoms with Gasteiger partial charge in [-0.3, -0.25) is 19.2 Å². The molecule has 45 heavy (non-hydrogen) atoms. The molecule has 1 aromatic heterocycles. The summed E-state index contributed by atoms with van der Waals surface area (Å²) >= 11 is 0. The van der Waals surface area contributed by atoms with Gasteiger partial charge in [0, 0.05) is 49.7 Å². The maximum absolute atomic E-state index is 13.2. The van der Waals surface area contributed by atoms with E-state index in [-0.39, 0.29) is 42.7 Å². The van der Waals surface area contributed by atoms with Crippen molar-refractivity contribution in [2.75, 3.05) is 52.5 Å². The Morgan fingerprint density at radius 1 is 0.978 bits per heavy atom. The Kier molecular flexibility index (Phi) is 11.2. The zero-order chi connectivity index (χ0) is 32.6. The third kappa shape index (κ3) is 9.05. The van der Waals surface area contributed by atoms with E-state index < -0.39 is 17.5 Å². The van der Waals surface area contributed by atoms with Gasteiger partial charge in [0.1, 0.15) is 17.5 Å². The number of ether oxygens (including phenoxy) is 2. The van der Waals surface area contributed by atoms with E-state index in [9.17, 15) is 24.0 Å². The Labute approximate surface area is 263 Å². The van der Waals surface area contributed by atoms with E-state index in [0.717, 1.165) is 19.3 Å². The van der Waals surface area contributed by atoms with Crippen LogP contribution in [0.15, 0.2) is 30.3 Å². The zero-order valence-corrected chi connectivity index (χ0v) is 26.6. The van der Waals surface area contributed by atoms with E-state index in [1.165, 1.54) is 6.07 Å². The standard InChI is InChI=1S/C32H44N6O7/c1-5-6-18-44-31(43)37-16-14-36(15-17-37)27(39)20-33-29(41)24-19-26(22-10-7-8-11-23(22)34-24)45-21-28(40)38-13-9-12-25(38)30(42)35-32(2,3)4/h7-8,10-11,19,25H,5-6,9,12-18,20-21H2,1-4H3,(H,33,41)(H,35,42)/t25-/m0/s1. The summed E-state index contributed by atoms with van der Waals surface area (Å²) in [5, 5.41) is 6.19. The van der Waals surface area contributed by atoms with Crippen LogP contribution in [0.25, 0.3) is 10.9 Å². The van der Waals surface area contributed by atoms with Gasteiger partial charge in [-0.05, 0) is 52.2 Å². The van der Waals surface area contributed by atoms with Gasteiger partial charge in [0.2, 0.25) is 11.8 Å². The van der Waals surface area contributed by atoms with Crippen molar-refractivity contribution < 1.29 is 33.4 Å². The van der Waals surface area contributed by atoms with Crippen LogP contribution in [0.1, 0.15) is 63.9 Å². The molecule has 0 radical (unpaired) electrons. The number of piperazine rings is 1. The minimum Gasteiger partial charge on any atom is -0.483 e. The predicted octanol–water partition coefficient (Wildman–Crippen LogP) is 2.33. The van der Waals surface area contributed by atoms with Crippen molar-refractivity contribution in [3.8, 4) is 5.75 Å². The fraction of sp³-hybridized carbons (Fsp3) is 0.562. The number of benzene rings is 1. The fourth-order valence-electron chi connectivity index (χ4n) is 5.28. The van der Waals surface area contributed by atoms with Crippen LogP contribution in [0.4, 0.5) is 4.79 Å². The number of nitrogens with zero attached hydrogens (tertiary/aromatic N) is 4. The van der Waals surface area contributed by atoms with E-state index in [1.807, 2.05) is 27.7 Å². The number of hydrogen-bond donors (Lipinski definition) is 2. The second-order valence-electron chi connectivity index (χ2n) is 12.3. The summed E-state index contributed by atoms with van der Waals surface area (Å²) in [5.74, 6) is -1.07. The van der Waals surface area contributed by atoms with Crippen molar-refractivity contribution in [3.63, 3.8) is 0 Å². The van der Waals surface area contributed by atoms with E-state index in [4.69, 9.17) is 9.47 Å². The average molecular weight is 625 g/mol. The molecule has 0 unspecified atom stereocenters. The van der Waals surface area contributed by atoms with E-state index in [0.29, 0.717) is 62.4 Å². The number of para-hydroxylation sites is 1. The van der Waals surface area contributed by atoms with Crippen LogP contribution in [0, 0.1) is 0 Å². The van der Waals surface area contributed by atoms with Gasteiger partial charge in [0.15, 0.2) is 6.61 Å². The molecule has 1 atom stereocenters. The van der Waals surface area contributed by atoms with Crippen molar-refractivity contribution in [3.05, 3.63) is 36.0 Å². The molecule has 5 amide bonds. The number of carbonyl (C=O) groups excluding carboxylic acids is 5. The Morgan fingerprint density at radius 2 is 1.69 bits per heavy atom. The molecule has 3 heterocycles. The number of amides is 5. The molecule has 13 heteroatoms. The highest BCUT2D eigenvalue weighted by Crippen LogP contribution is 2.26. The quantitative estimate of drug-likeness (QED) is 0.383. The Hall–Kier alpha value is -4.42. The van der Waals surface area contributed by atoms with Gasteiger partial charge >= 0.3 is 6.09 Å². The Balaban J connectivity index is 1.34. The molecule has 244 valence electrons. The second-order valence-corrected chi connectivity index (χ2v) is 12.3. The van der Waals surface area contributed by atoms with Crippen molar-refractivity contribution in [2.45, 2.75) is 65.0 Å². The molecular formula is C32H44N6O7. The monoisotopic (exact) mass is 624 g/mol. The molecule has 4 rings (SSSR count). The Morgan fingerprint density at radius 3 is 2.40 bits per heavy atom. The van der Waals surface area contributed by atoms with Gasteiger partial charge in [-0.2, -0.15) is 0 Å². The van der Waals surface area contributed by atoms with Gasteiger partial charge in [-0.25, -0.2) is 9.78 Å². The molecule has 0 saturated carbocycles. The highest BCUT2D eigenvalue weighted by Gasteiger charge is 2.35. The number of hydrogen-bond acceptors (Lipinski definition) is 8. The van der Waals surface area contributed by atoms with E-state index >= 15 is 0 Å². The molecule has 1 aromatic carbocycles. The number of likely N-dealkylation sites (tertiary alicyclic amines) is 1. The third-order valence-electron chi connectivity index (χ3n) is 7.65. The third-order valence-corrected chi connectivity index (χ3v) is 7.65. The molecule has 2 saturated heterocycles. The maximum Gasteiger partial charge on any atom is 0.409 e. The first-order valence-electron chi connectivity index (χ1n) is 15.6. The summed E-state index contributed by atoms with van der Waals surface area (Å²) in [6.45, 7) is 9.37. The van der Waals surface area contributed by atoms with Gasteiger partial charge in [0.05, 0.1) is 18.7 Å². The molecule has 2 N–H and O–H groups in total. The minimum atomic E-state index is -0.568. The Bertz CT molecular complexity index is 1400. The number of rotatable bonds is 10. The number of fused-ring (bicyclic) bond motifs is 1. The molecule has 2 aromatic rings. The molecule has 13 nitrogen and oxygen atoms in total. The first kappa shape index (κ1) is 33.5. The second kappa shape index (κ2) is 15.0. The highest BCUT2D eigenvalue weighted by atomic mass is 16.6. The average Bonchev–Trinajstić information content (AvgIpc) is 3.52. The molecule has 2 aliphatic rings. The van der Waals surface area contributed by atoms with Gasteiger partial charge in [-0.15, -0.1) is 0 Å². The topological polar surface area (TPSA) is 150 Å². The summed E-state index contributed by atoms with van der Waals surface area (Å²) in [7, 11) is 0. The van der Waals surface area contributed by atoms with Gasteiger partial charge in [-0.1, -0.05) is 25.5 Å². The molecule has 2 aliphatic heterocycles. The van der Waals surface area contributed by atoms with Crippen LogP contribution in [-0.4, -0.2) is 113 Å². The van der Waals surface area contributed by atoms with Crippen molar-refractivity contribution in [1.82, 2.24) is 30.3 Å². The molecule has 0 bridgehead atoms. The van der Waals surface area contributed by atoms with Crippen LogP contribution >= 0.6 is 0 Å². The maximum atomic E-state index is 13.2. The van der Waals surface area contributed by atoms with Crippen LogP contribution < -0.4 is 15.4 Å². The normalized spacial score (nSPS) is 16.8. The summed E-state index contributed by atoms with van der Waals surface area (Å²) in [6.07, 6.45) is 2.66. The van der Waals surface area contributed by atoms with Crippen LogP contribution in [0.3, 0.4) is 0 Å². The van der Waals surface area contributed by atoms with Crippen molar-refractivity contribution in [2.24, 2.45) is 0 Å². The minimum absolute atomic E-state index is 0.0344. The lowest BCUT2D eigenvalue weighted by molar-refractivity contribution is -0.140. The first-order valence-corrected chi connectivity index (χ1v) is 15.6. The molecule has 2 fully saturated rings. The van der Waals surface area contributed by atoms with Gasteiger partial charge in [0.25, 0.3) is 11.8 Å². The molecule has 0 aliphatic carbocycles. The van der Waals surface area contributed by atoms with Crippen molar-refractivity contribution >= 4 is 40.6 Å². The highest BCUT2D eigenvalue weighted by molar-refractivity contribution is 5.98. The lowest BCUT2D eigenvalue weighted by Gasteiger charge is -2.34. The van der Waals surface area contributed by atoms with Crippen molar-refractivity contribution in [1.29, 1.82) is 0 Å². The number of unbranched alkanes of at least 4 members (excludes halogenated alkanes) is 1. The fourth-order valence-corrected chi connectivity index (χ4v) is 5.28. The summed E-state index contributed by atoms with van der Waals surface area (Å²) < 4.78 is 11.2. The zero-order valence-electron chi connectivity index (χ0n) is 26.6. The van der Waals surface area contributed by atoms with Crippen LogP contribution in [-0.2, 0) is 19.1 Å². The SMILES string of the molecule is CCCCOC(=O)N1CCN(C(=O)CNC(=O)c2cc(OCC(=O)N3CCC[C@H]3C(=O)NC(C)(C)C)c3ccccc3n2)CC1. The van der Waals surface area contributed by atoms with E-state index in [2.05, 4.69) is 15.6 Å². The summed E-state index contributed by atoms with van der Waals surface area (Å²) in [6, 6.07) is 7.98. The number of carbonyl (C=O) groups is 5. The van der Waals surface area contributed by atoms with Crippen LogP contribution in [0.5, 0.6) is 5.75 Å². The summed E-state index contributed by atoms with van der Waals surface area (Å²) in [5.41, 5.74) is 0.109. The largest absolute Gasteiger partial charge is 0.483 e. The van der Waals surface area contributed by atoms with Crippen LogP contribution in [0.2, 0.25) is 0 Å². The van der Waals surface area contributed by atoms with Gasteiger partial charge < -0.3 is 34.8 Å². The number of nitrogens with one attached hydrogen (secondary N) is 2. The smallest absolute Gasteiger partial charge is 0.409 e. The van der Waals surface area contributed by atoms with E-state index in [1.54, 1.807) is 39.0 Å². The first-order chi connectivity index (χ1) is 21.5. The number of aromatic nitrogens is 1. The number of pyridine rings is 1. The predicted molar refractivity (Wildman–Crippen MR) is 167 cm³/mol. The lowest BCUT2D eigenvalue weighted by atomic mass is 10.1. The lowest BCUT2D eigenvalue weighted by Crippen LogP contribution is -2.52. The molecular weight excluding hydrogens is 580 g/mol.